The highest BCUT2D eigenvalue weighted by Crippen LogP contribution is 2.32. The quantitative estimate of drug-likeness (QED) is 0.402. The molecule has 0 aliphatic heterocycles. The summed E-state index contributed by atoms with van der Waals surface area (Å²) in [6.07, 6.45) is 0. The zero-order valence-corrected chi connectivity index (χ0v) is 18.3. The van der Waals surface area contributed by atoms with Crippen LogP contribution in [-0.2, 0) is 4.79 Å². The molecule has 0 unspecified atom stereocenters. The number of nitrogens with one attached hydrogen (secondary N) is 2. The highest BCUT2D eigenvalue weighted by Gasteiger charge is 2.16. The molecule has 0 radical (unpaired) electrons. The largest absolute Gasteiger partial charge is 0.353 e. The topological polar surface area (TPSA) is 71.1 Å². The molecule has 2 amide bonds. The third-order valence-electron chi connectivity index (χ3n) is 4.44. The number of nitrogens with zero attached hydrogens (tertiary/aromatic N) is 1. The van der Waals surface area contributed by atoms with Crippen LogP contribution >= 0.6 is 23.1 Å². The van der Waals surface area contributed by atoms with Crippen LogP contribution in [-0.4, -0.2) is 28.6 Å². The van der Waals surface area contributed by atoms with Crippen molar-refractivity contribution in [2.24, 2.45) is 0 Å². The van der Waals surface area contributed by atoms with Gasteiger partial charge in [-0.1, -0.05) is 53.8 Å². The zero-order valence-electron chi connectivity index (χ0n) is 16.6. The van der Waals surface area contributed by atoms with Crippen molar-refractivity contribution in [3.05, 3.63) is 66.2 Å². The van der Waals surface area contributed by atoms with E-state index in [0.717, 1.165) is 25.9 Å². The zero-order chi connectivity index (χ0) is 21.1. The van der Waals surface area contributed by atoms with Gasteiger partial charge in [0.15, 0.2) is 5.13 Å². The van der Waals surface area contributed by atoms with Crippen molar-refractivity contribution in [3.63, 3.8) is 0 Å². The first-order valence-electron chi connectivity index (χ1n) is 9.62. The van der Waals surface area contributed by atoms with Crippen molar-refractivity contribution in [2.75, 3.05) is 11.1 Å². The molecule has 0 atom stereocenters. The van der Waals surface area contributed by atoms with Crippen molar-refractivity contribution >= 4 is 61.0 Å². The van der Waals surface area contributed by atoms with E-state index in [1.54, 1.807) is 6.07 Å². The van der Waals surface area contributed by atoms with Crippen LogP contribution in [0.2, 0.25) is 0 Å². The second-order valence-electron chi connectivity index (χ2n) is 7.11. The van der Waals surface area contributed by atoms with E-state index in [9.17, 15) is 9.59 Å². The molecule has 0 aliphatic carbocycles. The van der Waals surface area contributed by atoms with Crippen LogP contribution < -0.4 is 10.6 Å². The number of hydrogen-bond acceptors (Lipinski definition) is 5. The molecule has 0 saturated heterocycles. The second kappa shape index (κ2) is 8.85. The lowest BCUT2D eigenvalue weighted by atomic mass is 10.1. The summed E-state index contributed by atoms with van der Waals surface area (Å²) in [7, 11) is 0. The van der Waals surface area contributed by atoms with Gasteiger partial charge >= 0.3 is 0 Å². The van der Waals surface area contributed by atoms with Gasteiger partial charge in [-0.3, -0.25) is 14.9 Å². The molecule has 0 saturated carbocycles. The molecule has 2 N–H and O–H groups in total. The maximum absolute atomic E-state index is 12.9. The molecule has 1 heterocycles. The Bertz CT molecular complexity index is 1230. The van der Waals surface area contributed by atoms with Crippen LogP contribution in [0.1, 0.15) is 24.2 Å². The number of fused-ring (bicyclic) bond motifs is 3. The molecule has 4 aromatic rings. The second-order valence-corrected chi connectivity index (χ2v) is 9.16. The summed E-state index contributed by atoms with van der Waals surface area (Å²) in [5.41, 5.74) is 1.42. The highest BCUT2D eigenvalue weighted by molar-refractivity contribution is 8.00. The average Bonchev–Trinajstić information content (AvgIpc) is 3.15. The number of hydrogen-bond donors (Lipinski definition) is 2. The molecular formula is C23H21N3O2S2. The predicted molar refractivity (Wildman–Crippen MR) is 126 cm³/mol. The van der Waals surface area contributed by atoms with Gasteiger partial charge in [0.25, 0.3) is 5.91 Å². The number of rotatable bonds is 6. The summed E-state index contributed by atoms with van der Waals surface area (Å²) in [6.45, 7) is 3.84. The Kier molecular flexibility index (Phi) is 6.01. The predicted octanol–water partition coefficient (Wildman–Crippen LogP) is 5.32. The number of thioether (sulfide) groups is 1. The van der Waals surface area contributed by atoms with Gasteiger partial charge < -0.3 is 5.32 Å². The summed E-state index contributed by atoms with van der Waals surface area (Å²) in [5.74, 6) is -0.0238. The molecule has 0 aliphatic rings. The van der Waals surface area contributed by atoms with Gasteiger partial charge in [-0.15, -0.1) is 11.8 Å². The highest BCUT2D eigenvalue weighted by atomic mass is 32.2. The Morgan fingerprint density at radius 1 is 1.03 bits per heavy atom. The van der Waals surface area contributed by atoms with Crippen molar-refractivity contribution in [1.82, 2.24) is 10.3 Å². The SMILES string of the molecule is CC(C)NC(=O)CSc1ccccc1C(=O)Nc1nc2c(ccc3ccccc32)s1. The standard InChI is InChI=1S/C23H21N3O2S2/c1-14(2)24-20(27)13-29-18-10-6-5-9-17(18)22(28)26-23-25-21-16-8-4-3-7-15(16)11-12-19(21)30-23/h3-12,14H,13H2,1-2H3,(H,24,27)(H,25,26,28). The fourth-order valence-electron chi connectivity index (χ4n) is 3.17. The van der Waals surface area contributed by atoms with Gasteiger partial charge in [0.05, 0.1) is 21.5 Å². The normalized spacial score (nSPS) is 11.2. The number of anilines is 1. The van der Waals surface area contributed by atoms with E-state index in [1.807, 2.05) is 56.3 Å². The van der Waals surface area contributed by atoms with Crippen molar-refractivity contribution in [2.45, 2.75) is 24.8 Å². The number of amides is 2. The summed E-state index contributed by atoms with van der Waals surface area (Å²) >= 11 is 2.81. The third-order valence-corrected chi connectivity index (χ3v) is 6.45. The van der Waals surface area contributed by atoms with Crippen LogP contribution in [0.25, 0.3) is 21.0 Å². The lowest BCUT2D eigenvalue weighted by Gasteiger charge is -2.10. The lowest BCUT2D eigenvalue weighted by Crippen LogP contribution is -2.31. The maximum atomic E-state index is 12.9. The van der Waals surface area contributed by atoms with Gasteiger partial charge in [-0.25, -0.2) is 4.98 Å². The van der Waals surface area contributed by atoms with Crippen LogP contribution in [0.4, 0.5) is 5.13 Å². The summed E-state index contributed by atoms with van der Waals surface area (Å²) in [6, 6.07) is 19.6. The fourth-order valence-corrected chi connectivity index (χ4v) is 4.90. The Hall–Kier alpha value is -2.90. The van der Waals surface area contributed by atoms with E-state index in [0.29, 0.717) is 10.7 Å². The minimum atomic E-state index is -0.231. The first-order chi connectivity index (χ1) is 14.5. The summed E-state index contributed by atoms with van der Waals surface area (Å²) < 4.78 is 1.03. The number of benzene rings is 3. The molecular weight excluding hydrogens is 414 g/mol. The molecule has 152 valence electrons. The molecule has 4 rings (SSSR count). The molecule has 7 heteroatoms. The van der Waals surface area contributed by atoms with E-state index in [1.165, 1.54) is 23.1 Å². The maximum Gasteiger partial charge on any atom is 0.258 e. The molecule has 0 fully saturated rings. The number of carbonyl (C=O) groups is 2. The number of aromatic nitrogens is 1. The average molecular weight is 436 g/mol. The van der Waals surface area contributed by atoms with Crippen LogP contribution in [0.15, 0.2) is 65.6 Å². The molecule has 0 spiro atoms. The van der Waals surface area contributed by atoms with Crippen LogP contribution in [0.3, 0.4) is 0 Å². The van der Waals surface area contributed by atoms with Gasteiger partial charge in [0, 0.05) is 16.3 Å². The Morgan fingerprint density at radius 2 is 1.80 bits per heavy atom. The molecule has 0 bridgehead atoms. The number of carbonyl (C=O) groups excluding carboxylic acids is 2. The van der Waals surface area contributed by atoms with Gasteiger partial charge in [0.2, 0.25) is 5.91 Å². The summed E-state index contributed by atoms with van der Waals surface area (Å²) in [4.78, 5) is 30.3. The first-order valence-corrected chi connectivity index (χ1v) is 11.4. The van der Waals surface area contributed by atoms with Gasteiger partial charge in [0.1, 0.15) is 0 Å². The van der Waals surface area contributed by atoms with E-state index in [4.69, 9.17) is 0 Å². The smallest absolute Gasteiger partial charge is 0.258 e. The first kappa shape index (κ1) is 20.4. The van der Waals surface area contributed by atoms with Crippen LogP contribution in [0.5, 0.6) is 0 Å². The summed E-state index contributed by atoms with van der Waals surface area (Å²) in [5, 5.41) is 8.54. The Balaban J connectivity index is 1.54. The Labute approximate surface area is 182 Å². The van der Waals surface area contributed by atoms with E-state index >= 15 is 0 Å². The van der Waals surface area contributed by atoms with Gasteiger partial charge in [-0.05, 0) is 37.4 Å². The molecule has 1 aromatic heterocycles. The van der Waals surface area contributed by atoms with E-state index in [2.05, 4.69) is 27.8 Å². The van der Waals surface area contributed by atoms with Crippen LogP contribution in [0, 0.1) is 0 Å². The van der Waals surface area contributed by atoms with E-state index in [-0.39, 0.29) is 23.6 Å². The minimum absolute atomic E-state index is 0.0525. The fraction of sp³-hybridized carbons (Fsp3) is 0.174. The monoisotopic (exact) mass is 435 g/mol. The van der Waals surface area contributed by atoms with Gasteiger partial charge in [-0.2, -0.15) is 0 Å². The molecule has 30 heavy (non-hydrogen) atoms. The van der Waals surface area contributed by atoms with Crippen molar-refractivity contribution in [3.8, 4) is 0 Å². The van der Waals surface area contributed by atoms with E-state index < -0.39 is 0 Å². The lowest BCUT2D eigenvalue weighted by molar-refractivity contribution is -0.119. The third kappa shape index (κ3) is 4.47. The van der Waals surface area contributed by atoms with Crippen molar-refractivity contribution in [1.29, 1.82) is 0 Å². The molecule has 3 aromatic carbocycles. The van der Waals surface area contributed by atoms with Crippen molar-refractivity contribution < 1.29 is 9.59 Å². The Morgan fingerprint density at radius 3 is 2.63 bits per heavy atom. The minimum Gasteiger partial charge on any atom is -0.353 e. The molecule has 5 nitrogen and oxygen atoms in total. The number of thiazole rings is 1.